The van der Waals surface area contributed by atoms with Gasteiger partial charge >= 0.3 is 24.3 Å². The van der Waals surface area contributed by atoms with Crippen molar-refractivity contribution in [2.75, 3.05) is 0 Å². The lowest BCUT2D eigenvalue weighted by Gasteiger charge is -2.31. The van der Waals surface area contributed by atoms with Crippen LogP contribution in [0, 0.1) is 17.3 Å². The van der Waals surface area contributed by atoms with Crippen LogP contribution in [0.5, 0.6) is 0 Å². The Labute approximate surface area is 208 Å². The standard InChI is InChI=1S/C12H19F3O2.C11H16ClF3O2.H3N/c1-11(2,3)10(16)17-9-6-4-8(5-7-9)12(13,14)15;1-10(2,12)9(16)17-8-5-3-7(4-6-8)11(13,14)15;/h8-9H,4-7H2,1-3H3;7-8H,3-6H2,1-2H3;1H3. The monoisotopic (exact) mass is 541 g/mol. The van der Waals surface area contributed by atoms with Crippen LogP contribution in [-0.4, -0.2) is 41.4 Å². The molecule has 2 aliphatic carbocycles. The first-order valence-electron chi connectivity index (χ1n) is 11.5. The minimum absolute atomic E-state index is 0. The lowest BCUT2D eigenvalue weighted by atomic mass is 9.86. The quantitative estimate of drug-likeness (QED) is 0.227. The van der Waals surface area contributed by atoms with Crippen LogP contribution in [0.1, 0.15) is 86.0 Å². The molecule has 0 heterocycles. The van der Waals surface area contributed by atoms with Crippen LogP contribution in [0.15, 0.2) is 0 Å². The first-order chi connectivity index (χ1) is 15.2. The van der Waals surface area contributed by atoms with Crippen LogP contribution in [-0.2, 0) is 19.1 Å². The fourth-order valence-electron chi connectivity index (χ4n) is 3.64. The zero-order chi connectivity index (χ0) is 26.5. The molecule has 0 amide bonds. The van der Waals surface area contributed by atoms with Gasteiger partial charge in [-0.2, -0.15) is 26.3 Å². The highest BCUT2D eigenvalue weighted by Crippen LogP contribution is 2.39. The second-order valence-corrected chi connectivity index (χ2v) is 11.5. The number of alkyl halides is 7. The Morgan fingerprint density at radius 3 is 1.14 bits per heavy atom. The predicted octanol–water partition coefficient (Wildman–Crippen LogP) is 7.53. The second kappa shape index (κ2) is 12.8. The number of esters is 2. The van der Waals surface area contributed by atoms with E-state index in [9.17, 15) is 35.9 Å². The van der Waals surface area contributed by atoms with Crippen molar-refractivity contribution in [3.05, 3.63) is 0 Å². The van der Waals surface area contributed by atoms with Gasteiger partial charge in [-0.25, -0.2) is 0 Å². The minimum atomic E-state index is -4.14. The molecule has 5 nitrogen and oxygen atoms in total. The summed E-state index contributed by atoms with van der Waals surface area (Å²) in [7, 11) is 0. The van der Waals surface area contributed by atoms with Gasteiger partial charge in [0.25, 0.3) is 0 Å². The largest absolute Gasteiger partial charge is 0.462 e. The van der Waals surface area contributed by atoms with Gasteiger partial charge in [-0.15, -0.1) is 11.6 Å². The van der Waals surface area contributed by atoms with Crippen molar-refractivity contribution >= 4 is 23.5 Å². The van der Waals surface area contributed by atoms with Gasteiger partial charge in [0.15, 0.2) is 0 Å². The van der Waals surface area contributed by atoms with E-state index in [0.29, 0.717) is 12.8 Å². The van der Waals surface area contributed by atoms with Gasteiger partial charge < -0.3 is 15.6 Å². The fraction of sp³-hybridized carbons (Fsp3) is 0.913. The molecule has 3 N–H and O–H groups in total. The summed E-state index contributed by atoms with van der Waals surface area (Å²) in [5, 5.41) is 0. The molecular formula is C23H38ClF6NO4. The maximum absolute atomic E-state index is 12.4. The SMILES string of the molecule is CC(C)(C)C(=O)OC1CCC(C(F)(F)F)CC1.CC(C)(Cl)C(=O)OC1CCC(C(F)(F)F)CC1.N. The molecule has 2 aliphatic rings. The van der Waals surface area contributed by atoms with E-state index < -0.39 is 46.6 Å². The average Bonchev–Trinajstić information content (AvgIpc) is 2.66. The highest BCUT2D eigenvalue weighted by atomic mass is 35.5. The summed E-state index contributed by atoms with van der Waals surface area (Å²) in [5.41, 5.74) is -0.596. The summed E-state index contributed by atoms with van der Waals surface area (Å²) in [4.78, 5) is 21.9. The number of rotatable bonds is 3. The van der Waals surface area contributed by atoms with Gasteiger partial charge in [0.2, 0.25) is 0 Å². The summed E-state index contributed by atoms with van der Waals surface area (Å²) >= 11 is 5.75. The molecule has 0 aromatic heterocycles. The first kappa shape index (κ1) is 33.8. The van der Waals surface area contributed by atoms with Crippen LogP contribution >= 0.6 is 11.6 Å². The Hall–Kier alpha value is -1.23. The molecule has 0 aromatic rings. The molecular weight excluding hydrogens is 504 g/mol. The zero-order valence-electron chi connectivity index (χ0n) is 21.0. The summed E-state index contributed by atoms with van der Waals surface area (Å²) < 4.78 is 84.7. The van der Waals surface area contributed by atoms with Gasteiger partial charge in [-0.05, 0) is 86.0 Å². The van der Waals surface area contributed by atoms with E-state index in [1.54, 1.807) is 20.8 Å². The molecule has 0 aromatic carbocycles. The Balaban J connectivity index is 0.000000642. The molecule has 35 heavy (non-hydrogen) atoms. The highest BCUT2D eigenvalue weighted by molar-refractivity contribution is 6.33. The molecule has 0 aliphatic heterocycles. The number of carbonyl (C=O) groups excluding carboxylic acids is 2. The molecule has 12 heteroatoms. The van der Waals surface area contributed by atoms with Crippen molar-refractivity contribution in [3.8, 4) is 0 Å². The van der Waals surface area contributed by atoms with Crippen LogP contribution in [0.4, 0.5) is 26.3 Å². The van der Waals surface area contributed by atoms with E-state index in [-0.39, 0.29) is 56.7 Å². The molecule has 2 saturated carbocycles. The van der Waals surface area contributed by atoms with Crippen LogP contribution in [0.2, 0.25) is 0 Å². The van der Waals surface area contributed by atoms with E-state index in [1.165, 1.54) is 13.8 Å². The molecule has 208 valence electrons. The summed E-state index contributed by atoms with van der Waals surface area (Å²) in [6.45, 7) is 8.19. The molecule has 2 fully saturated rings. The fourth-order valence-corrected chi connectivity index (χ4v) is 3.68. The van der Waals surface area contributed by atoms with Crippen molar-refractivity contribution in [3.63, 3.8) is 0 Å². The number of hydrogen-bond donors (Lipinski definition) is 1. The Kier molecular flexibility index (Phi) is 12.4. The summed E-state index contributed by atoms with van der Waals surface area (Å²) in [6, 6.07) is 0. The molecule has 0 saturated heterocycles. The molecule has 0 bridgehead atoms. The average molecular weight is 542 g/mol. The van der Waals surface area contributed by atoms with Crippen molar-refractivity contribution in [2.24, 2.45) is 17.3 Å². The van der Waals surface area contributed by atoms with Gasteiger partial charge in [0.05, 0.1) is 17.3 Å². The van der Waals surface area contributed by atoms with Crippen molar-refractivity contribution < 1.29 is 45.4 Å². The number of halogens is 7. The van der Waals surface area contributed by atoms with E-state index in [4.69, 9.17) is 21.1 Å². The van der Waals surface area contributed by atoms with E-state index in [1.807, 2.05) is 0 Å². The van der Waals surface area contributed by atoms with Crippen LogP contribution in [0.3, 0.4) is 0 Å². The normalized spacial score (nSPS) is 25.9. The number of hydrogen-bond acceptors (Lipinski definition) is 5. The lowest BCUT2D eigenvalue weighted by molar-refractivity contribution is -0.190. The molecule has 0 unspecified atom stereocenters. The third kappa shape index (κ3) is 12.0. The highest BCUT2D eigenvalue weighted by Gasteiger charge is 2.43. The molecule has 0 atom stereocenters. The lowest BCUT2D eigenvalue weighted by Crippen LogP contribution is -2.35. The van der Waals surface area contributed by atoms with Gasteiger partial charge in [0.1, 0.15) is 17.1 Å². The minimum Gasteiger partial charge on any atom is -0.462 e. The van der Waals surface area contributed by atoms with Crippen LogP contribution in [0.25, 0.3) is 0 Å². The maximum atomic E-state index is 12.4. The molecule has 2 rings (SSSR count). The third-order valence-corrected chi connectivity index (χ3v) is 6.07. The van der Waals surface area contributed by atoms with Crippen molar-refractivity contribution in [2.45, 2.75) is 115 Å². The van der Waals surface area contributed by atoms with Crippen molar-refractivity contribution in [1.29, 1.82) is 0 Å². The number of carbonyl (C=O) groups is 2. The third-order valence-electron chi connectivity index (χ3n) is 5.92. The predicted molar refractivity (Wildman–Crippen MR) is 120 cm³/mol. The Bertz CT molecular complexity index is 611. The Morgan fingerprint density at radius 2 is 0.914 bits per heavy atom. The van der Waals surface area contributed by atoms with E-state index in [0.717, 1.165) is 0 Å². The van der Waals surface area contributed by atoms with Crippen LogP contribution < -0.4 is 6.15 Å². The zero-order valence-corrected chi connectivity index (χ0v) is 21.7. The van der Waals surface area contributed by atoms with Crippen molar-refractivity contribution in [1.82, 2.24) is 6.15 Å². The smallest absolute Gasteiger partial charge is 0.391 e. The van der Waals surface area contributed by atoms with E-state index >= 15 is 0 Å². The summed E-state index contributed by atoms with van der Waals surface area (Å²) in [5.74, 6) is -3.41. The topological polar surface area (TPSA) is 87.6 Å². The van der Waals surface area contributed by atoms with E-state index in [2.05, 4.69) is 0 Å². The van der Waals surface area contributed by atoms with Gasteiger partial charge in [-0.3, -0.25) is 9.59 Å². The molecule has 0 radical (unpaired) electrons. The Morgan fingerprint density at radius 1 is 0.629 bits per heavy atom. The molecule has 0 spiro atoms. The van der Waals surface area contributed by atoms with Gasteiger partial charge in [-0.1, -0.05) is 0 Å². The maximum Gasteiger partial charge on any atom is 0.391 e. The summed E-state index contributed by atoms with van der Waals surface area (Å²) in [6.07, 6.45) is -7.74. The van der Waals surface area contributed by atoms with Gasteiger partial charge in [0, 0.05) is 0 Å². The number of ether oxygens (including phenoxy) is 2. The second-order valence-electron chi connectivity index (χ2n) is 10.6. The first-order valence-corrected chi connectivity index (χ1v) is 11.8.